The molecule has 0 aliphatic carbocycles. The van der Waals surface area contributed by atoms with Crippen molar-refractivity contribution in [2.45, 2.75) is 13.8 Å². The Morgan fingerprint density at radius 1 is 1.78 bits per heavy atom. The minimum absolute atomic E-state index is 0.310. The summed E-state index contributed by atoms with van der Waals surface area (Å²) in [6.07, 6.45) is 1.83. The molecule has 0 rings (SSSR count). The summed E-state index contributed by atoms with van der Waals surface area (Å²) in [7, 11) is 1.54. The van der Waals surface area contributed by atoms with Gasteiger partial charge in [0.05, 0.1) is 5.71 Å². The second kappa shape index (κ2) is 4.13. The highest BCUT2D eigenvalue weighted by Gasteiger charge is 1.98. The molecule has 0 aromatic carbocycles. The van der Waals surface area contributed by atoms with Crippen molar-refractivity contribution in [3.63, 3.8) is 0 Å². The van der Waals surface area contributed by atoms with E-state index < -0.39 is 0 Å². The summed E-state index contributed by atoms with van der Waals surface area (Å²) in [6.45, 7) is 7.56. The molecule has 0 spiro atoms. The third-order valence-electron chi connectivity index (χ3n) is 1.25. The molecule has 1 atom stereocenters. The number of hydrogen-bond acceptors (Lipinski definition) is 2. The van der Waals surface area contributed by atoms with Crippen molar-refractivity contribution in [2.75, 3.05) is 7.11 Å². The van der Waals surface area contributed by atoms with Gasteiger partial charge in [-0.3, -0.25) is 0 Å². The average molecular weight is 127 g/mol. The van der Waals surface area contributed by atoms with Gasteiger partial charge in [0.2, 0.25) is 0 Å². The zero-order valence-electron chi connectivity index (χ0n) is 6.22. The summed E-state index contributed by atoms with van der Waals surface area (Å²) < 4.78 is 0. The summed E-state index contributed by atoms with van der Waals surface area (Å²) >= 11 is 0. The van der Waals surface area contributed by atoms with Crippen LogP contribution in [-0.2, 0) is 4.84 Å². The number of oxime groups is 1. The molecule has 2 heteroatoms. The van der Waals surface area contributed by atoms with Crippen LogP contribution in [0, 0.1) is 5.92 Å². The van der Waals surface area contributed by atoms with Crippen LogP contribution in [0.25, 0.3) is 0 Å². The Kier molecular flexibility index (Phi) is 3.76. The molecule has 0 bridgehead atoms. The Bertz CT molecular complexity index is 118. The predicted molar refractivity (Wildman–Crippen MR) is 39.5 cm³/mol. The maximum absolute atomic E-state index is 4.57. The number of nitrogens with zero attached hydrogens (tertiary/aromatic N) is 1. The number of hydrogen-bond donors (Lipinski definition) is 0. The highest BCUT2D eigenvalue weighted by Crippen LogP contribution is 1.98. The monoisotopic (exact) mass is 127 g/mol. The van der Waals surface area contributed by atoms with Crippen LogP contribution in [0.1, 0.15) is 13.8 Å². The molecule has 0 N–H and O–H groups in total. The lowest BCUT2D eigenvalue weighted by molar-refractivity contribution is 0.211. The summed E-state index contributed by atoms with van der Waals surface area (Å²) in [5.74, 6) is 0.310. The first kappa shape index (κ1) is 8.21. The second-order valence-corrected chi connectivity index (χ2v) is 1.94. The van der Waals surface area contributed by atoms with Gasteiger partial charge in [-0.25, -0.2) is 0 Å². The first-order valence-electron chi connectivity index (χ1n) is 2.92. The normalized spacial score (nSPS) is 14.8. The summed E-state index contributed by atoms with van der Waals surface area (Å²) in [6, 6.07) is 0. The Balaban J connectivity index is 3.84. The lowest BCUT2D eigenvalue weighted by atomic mass is 10.1. The van der Waals surface area contributed by atoms with Gasteiger partial charge in [-0.15, -0.1) is 6.58 Å². The molecule has 0 amide bonds. The molecule has 1 unspecified atom stereocenters. The van der Waals surface area contributed by atoms with Gasteiger partial charge in [0.15, 0.2) is 0 Å². The van der Waals surface area contributed by atoms with Crippen LogP contribution in [0.4, 0.5) is 0 Å². The minimum Gasteiger partial charge on any atom is -0.399 e. The minimum atomic E-state index is 0.310. The molecular formula is C7H13NO. The van der Waals surface area contributed by atoms with Crippen LogP contribution in [0.15, 0.2) is 17.8 Å². The first-order valence-corrected chi connectivity index (χ1v) is 2.92. The maximum Gasteiger partial charge on any atom is 0.106 e. The zero-order chi connectivity index (χ0) is 7.28. The molecule has 0 aromatic heterocycles. The van der Waals surface area contributed by atoms with Crippen molar-refractivity contribution >= 4 is 5.71 Å². The van der Waals surface area contributed by atoms with E-state index in [9.17, 15) is 0 Å². The summed E-state index contributed by atoms with van der Waals surface area (Å²) in [5, 5.41) is 3.74. The molecule has 0 aliphatic heterocycles. The van der Waals surface area contributed by atoms with E-state index >= 15 is 0 Å². The highest BCUT2D eigenvalue weighted by molar-refractivity contribution is 5.84. The maximum atomic E-state index is 4.57. The second-order valence-electron chi connectivity index (χ2n) is 1.94. The highest BCUT2D eigenvalue weighted by atomic mass is 16.6. The number of rotatable bonds is 3. The zero-order valence-corrected chi connectivity index (χ0v) is 6.22. The SMILES string of the molecule is C=CC(C)/C(C)=N/OC. The van der Waals surface area contributed by atoms with E-state index in [-0.39, 0.29) is 0 Å². The van der Waals surface area contributed by atoms with Gasteiger partial charge in [0, 0.05) is 5.92 Å². The lowest BCUT2D eigenvalue weighted by Crippen LogP contribution is -2.02. The third-order valence-corrected chi connectivity index (χ3v) is 1.25. The molecule has 0 saturated carbocycles. The Morgan fingerprint density at radius 3 is 2.67 bits per heavy atom. The Morgan fingerprint density at radius 2 is 2.33 bits per heavy atom. The van der Waals surface area contributed by atoms with Crippen molar-refractivity contribution in [3.8, 4) is 0 Å². The molecule has 9 heavy (non-hydrogen) atoms. The molecule has 0 fully saturated rings. The fourth-order valence-corrected chi connectivity index (χ4v) is 0.398. The molecule has 0 radical (unpaired) electrons. The van der Waals surface area contributed by atoms with Crippen molar-refractivity contribution in [3.05, 3.63) is 12.7 Å². The van der Waals surface area contributed by atoms with E-state index in [0.717, 1.165) is 5.71 Å². The van der Waals surface area contributed by atoms with E-state index in [0.29, 0.717) is 5.92 Å². The van der Waals surface area contributed by atoms with E-state index in [4.69, 9.17) is 0 Å². The quantitative estimate of drug-likeness (QED) is 0.322. The van der Waals surface area contributed by atoms with Gasteiger partial charge >= 0.3 is 0 Å². The van der Waals surface area contributed by atoms with E-state index in [1.807, 2.05) is 19.9 Å². The van der Waals surface area contributed by atoms with Crippen LogP contribution in [0.3, 0.4) is 0 Å². The molecule has 0 saturated heterocycles. The van der Waals surface area contributed by atoms with E-state index in [2.05, 4.69) is 16.6 Å². The molecule has 2 nitrogen and oxygen atoms in total. The number of allylic oxidation sites excluding steroid dienone is 1. The van der Waals surface area contributed by atoms with Crippen LogP contribution in [0.2, 0.25) is 0 Å². The fourth-order valence-electron chi connectivity index (χ4n) is 0.398. The van der Waals surface area contributed by atoms with Crippen molar-refractivity contribution in [1.29, 1.82) is 0 Å². The van der Waals surface area contributed by atoms with Gasteiger partial charge in [0.25, 0.3) is 0 Å². The van der Waals surface area contributed by atoms with Crippen molar-refractivity contribution < 1.29 is 4.84 Å². The molecule has 0 aromatic rings. The van der Waals surface area contributed by atoms with Crippen LogP contribution in [0.5, 0.6) is 0 Å². The van der Waals surface area contributed by atoms with Gasteiger partial charge in [-0.2, -0.15) is 0 Å². The molecular weight excluding hydrogens is 114 g/mol. The van der Waals surface area contributed by atoms with Gasteiger partial charge in [0.1, 0.15) is 7.11 Å². The molecule has 0 aliphatic rings. The standard InChI is InChI=1S/C7H13NO/c1-5-6(2)7(3)8-9-4/h5-6H,1H2,2-4H3/b8-7+. The largest absolute Gasteiger partial charge is 0.399 e. The van der Waals surface area contributed by atoms with E-state index in [1.54, 1.807) is 7.11 Å². The fraction of sp³-hybridized carbons (Fsp3) is 0.571. The Hall–Kier alpha value is -0.790. The van der Waals surface area contributed by atoms with Crippen molar-refractivity contribution in [2.24, 2.45) is 11.1 Å². The molecule has 52 valence electrons. The lowest BCUT2D eigenvalue weighted by Gasteiger charge is -2.01. The third kappa shape index (κ3) is 2.90. The van der Waals surface area contributed by atoms with Crippen LogP contribution in [-0.4, -0.2) is 12.8 Å². The topological polar surface area (TPSA) is 21.6 Å². The summed E-state index contributed by atoms with van der Waals surface area (Å²) in [5.41, 5.74) is 0.951. The smallest absolute Gasteiger partial charge is 0.106 e. The predicted octanol–water partition coefficient (Wildman–Crippen LogP) is 1.83. The van der Waals surface area contributed by atoms with Gasteiger partial charge in [-0.1, -0.05) is 18.2 Å². The van der Waals surface area contributed by atoms with E-state index in [1.165, 1.54) is 0 Å². The average Bonchev–Trinajstić information content (AvgIpc) is 1.87. The van der Waals surface area contributed by atoms with Gasteiger partial charge in [-0.05, 0) is 6.92 Å². The van der Waals surface area contributed by atoms with Crippen LogP contribution < -0.4 is 0 Å². The first-order chi connectivity index (χ1) is 4.22. The van der Waals surface area contributed by atoms with Gasteiger partial charge < -0.3 is 4.84 Å². The molecule has 0 heterocycles. The summed E-state index contributed by atoms with van der Waals surface area (Å²) in [4.78, 5) is 4.57. The van der Waals surface area contributed by atoms with Crippen LogP contribution >= 0.6 is 0 Å². The Labute approximate surface area is 56.2 Å². The van der Waals surface area contributed by atoms with Crippen molar-refractivity contribution in [1.82, 2.24) is 0 Å².